The average molecular weight is 291 g/mol. The summed E-state index contributed by atoms with van der Waals surface area (Å²) in [5.41, 5.74) is 0.477. The molecule has 1 aliphatic heterocycles. The lowest BCUT2D eigenvalue weighted by Crippen LogP contribution is -2.29. The summed E-state index contributed by atoms with van der Waals surface area (Å²) < 4.78 is 0. The van der Waals surface area contributed by atoms with E-state index in [1.807, 2.05) is 6.92 Å². The number of nitrogens with zero attached hydrogens (tertiary/aromatic N) is 2. The minimum atomic E-state index is -0.468. The first-order valence-corrected chi connectivity index (χ1v) is 7.35. The van der Waals surface area contributed by atoms with Crippen molar-refractivity contribution < 1.29 is 9.72 Å². The molecule has 21 heavy (non-hydrogen) atoms. The SMILES string of the molecule is CCCNc1cccc(C(=O)N2CCC(C)C2)c1[N+](=O)[O-]. The molecule has 1 fully saturated rings. The van der Waals surface area contributed by atoms with E-state index in [0.717, 1.165) is 12.8 Å². The van der Waals surface area contributed by atoms with Gasteiger partial charge in [-0.05, 0) is 30.9 Å². The van der Waals surface area contributed by atoms with Gasteiger partial charge in [-0.3, -0.25) is 14.9 Å². The van der Waals surface area contributed by atoms with Crippen LogP contribution in [0.3, 0.4) is 0 Å². The summed E-state index contributed by atoms with van der Waals surface area (Å²) in [5.74, 6) is 0.209. The molecule has 2 rings (SSSR count). The Kier molecular flexibility index (Phi) is 4.77. The second-order valence-electron chi connectivity index (χ2n) is 5.53. The first-order valence-electron chi connectivity index (χ1n) is 7.35. The van der Waals surface area contributed by atoms with Crippen molar-refractivity contribution in [2.24, 2.45) is 5.92 Å². The molecule has 0 aromatic heterocycles. The van der Waals surface area contributed by atoms with Crippen LogP contribution in [-0.2, 0) is 0 Å². The van der Waals surface area contributed by atoms with Crippen LogP contribution in [0.2, 0.25) is 0 Å². The average Bonchev–Trinajstić information content (AvgIpc) is 2.90. The Hall–Kier alpha value is -2.11. The van der Waals surface area contributed by atoms with E-state index in [2.05, 4.69) is 12.2 Å². The summed E-state index contributed by atoms with van der Waals surface area (Å²) >= 11 is 0. The maximum atomic E-state index is 12.5. The van der Waals surface area contributed by atoms with Crippen molar-refractivity contribution in [3.8, 4) is 0 Å². The molecule has 0 aliphatic carbocycles. The molecule has 1 aromatic rings. The van der Waals surface area contributed by atoms with Gasteiger partial charge >= 0.3 is 5.69 Å². The lowest BCUT2D eigenvalue weighted by atomic mass is 10.1. The molecular formula is C15H21N3O3. The van der Waals surface area contributed by atoms with Gasteiger partial charge in [0, 0.05) is 19.6 Å². The van der Waals surface area contributed by atoms with E-state index < -0.39 is 4.92 Å². The van der Waals surface area contributed by atoms with E-state index in [4.69, 9.17) is 0 Å². The zero-order chi connectivity index (χ0) is 15.4. The van der Waals surface area contributed by atoms with Gasteiger partial charge in [0.05, 0.1) is 4.92 Å². The number of nitro benzene ring substituents is 1. The fourth-order valence-corrected chi connectivity index (χ4v) is 2.60. The Morgan fingerprint density at radius 2 is 2.29 bits per heavy atom. The lowest BCUT2D eigenvalue weighted by molar-refractivity contribution is -0.384. The highest BCUT2D eigenvalue weighted by Crippen LogP contribution is 2.30. The third-order valence-electron chi connectivity index (χ3n) is 3.73. The number of nitrogens with one attached hydrogen (secondary N) is 1. The van der Waals surface area contributed by atoms with Crippen LogP contribution in [0.4, 0.5) is 11.4 Å². The van der Waals surface area contributed by atoms with E-state index in [0.29, 0.717) is 31.2 Å². The molecule has 1 atom stereocenters. The Labute approximate surface area is 124 Å². The molecule has 114 valence electrons. The molecule has 1 aliphatic rings. The number of carbonyl (C=O) groups excluding carboxylic acids is 1. The molecule has 1 N–H and O–H groups in total. The van der Waals surface area contributed by atoms with Crippen molar-refractivity contribution >= 4 is 17.3 Å². The van der Waals surface area contributed by atoms with Gasteiger partial charge in [-0.1, -0.05) is 19.9 Å². The molecule has 0 spiro atoms. The van der Waals surface area contributed by atoms with Crippen molar-refractivity contribution in [1.82, 2.24) is 4.90 Å². The molecule has 1 amide bonds. The summed E-state index contributed by atoms with van der Waals surface area (Å²) in [6, 6.07) is 4.88. The molecule has 0 saturated carbocycles. The highest BCUT2D eigenvalue weighted by molar-refractivity contribution is 6.00. The van der Waals surface area contributed by atoms with Crippen LogP contribution in [0.15, 0.2) is 18.2 Å². The van der Waals surface area contributed by atoms with Gasteiger partial charge in [0.15, 0.2) is 0 Å². The maximum absolute atomic E-state index is 12.5. The van der Waals surface area contributed by atoms with E-state index in [1.54, 1.807) is 23.1 Å². The van der Waals surface area contributed by atoms with Crippen molar-refractivity contribution in [3.63, 3.8) is 0 Å². The van der Waals surface area contributed by atoms with Gasteiger partial charge in [0.2, 0.25) is 0 Å². The molecule has 1 aromatic carbocycles. The number of anilines is 1. The van der Waals surface area contributed by atoms with E-state index >= 15 is 0 Å². The number of hydrogen-bond acceptors (Lipinski definition) is 4. The second kappa shape index (κ2) is 6.56. The summed E-state index contributed by atoms with van der Waals surface area (Å²) in [4.78, 5) is 25.2. The standard InChI is InChI=1S/C15H21N3O3/c1-3-8-16-13-6-4-5-12(14(13)18(20)21)15(19)17-9-7-11(2)10-17/h4-6,11,16H,3,7-10H2,1-2H3. The van der Waals surface area contributed by atoms with Crippen molar-refractivity contribution in [2.45, 2.75) is 26.7 Å². The predicted octanol–water partition coefficient (Wildman–Crippen LogP) is 2.90. The van der Waals surface area contributed by atoms with E-state index in [-0.39, 0.29) is 17.2 Å². The van der Waals surface area contributed by atoms with E-state index in [1.165, 1.54) is 0 Å². The number of para-hydroxylation sites is 1. The molecule has 1 heterocycles. The van der Waals surface area contributed by atoms with Crippen LogP contribution in [0.5, 0.6) is 0 Å². The molecule has 0 bridgehead atoms. The number of nitro groups is 1. The van der Waals surface area contributed by atoms with E-state index in [9.17, 15) is 14.9 Å². The molecule has 1 unspecified atom stereocenters. The van der Waals surface area contributed by atoms with Crippen LogP contribution in [0, 0.1) is 16.0 Å². The van der Waals surface area contributed by atoms with Gasteiger partial charge in [-0.2, -0.15) is 0 Å². The van der Waals surface area contributed by atoms with Crippen LogP contribution >= 0.6 is 0 Å². The molecule has 1 saturated heterocycles. The number of likely N-dealkylation sites (tertiary alicyclic amines) is 1. The number of carbonyl (C=O) groups is 1. The first-order chi connectivity index (χ1) is 10.0. The minimum absolute atomic E-state index is 0.115. The summed E-state index contributed by atoms with van der Waals surface area (Å²) in [6.07, 6.45) is 1.81. The number of benzene rings is 1. The summed E-state index contributed by atoms with van der Waals surface area (Å²) in [6.45, 7) is 6.05. The number of amides is 1. The minimum Gasteiger partial charge on any atom is -0.379 e. The summed E-state index contributed by atoms with van der Waals surface area (Å²) in [7, 11) is 0. The van der Waals surface area contributed by atoms with Gasteiger partial charge in [-0.15, -0.1) is 0 Å². The predicted molar refractivity (Wildman–Crippen MR) is 81.6 cm³/mol. The Morgan fingerprint density at radius 1 is 1.52 bits per heavy atom. The first kappa shape index (κ1) is 15.3. The lowest BCUT2D eigenvalue weighted by Gasteiger charge is -2.17. The van der Waals surface area contributed by atoms with Gasteiger partial charge < -0.3 is 10.2 Å². The molecular weight excluding hydrogens is 270 g/mol. The third kappa shape index (κ3) is 3.32. The van der Waals surface area contributed by atoms with Crippen LogP contribution in [-0.4, -0.2) is 35.4 Å². The Bertz CT molecular complexity index is 545. The maximum Gasteiger partial charge on any atom is 0.305 e. The normalized spacial score (nSPS) is 17.8. The van der Waals surface area contributed by atoms with Crippen LogP contribution < -0.4 is 5.32 Å². The van der Waals surface area contributed by atoms with Crippen LogP contribution in [0.25, 0.3) is 0 Å². The Balaban J connectivity index is 2.33. The fraction of sp³-hybridized carbons (Fsp3) is 0.533. The van der Waals surface area contributed by atoms with Gasteiger partial charge in [-0.25, -0.2) is 0 Å². The monoisotopic (exact) mass is 291 g/mol. The van der Waals surface area contributed by atoms with Crippen molar-refractivity contribution in [3.05, 3.63) is 33.9 Å². The topological polar surface area (TPSA) is 75.5 Å². The molecule has 0 radical (unpaired) electrons. The largest absolute Gasteiger partial charge is 0.379 e. The Morgan fingerprint density at radius 3 is 2.86 bits per heavy atom. The van der Waals surface area contributed by atoms with Gasteiger partial charge in [0.25, 0.3) is 5.91 Å². The highest BCUT2D eigenvalue weighted by atomic mass is 16.6. The number of hydrogen-bond donors (Lipinski definition) is 1. The van der Waals surface area contributed by atoms with Crippen molar-refractivity contribution in [1.29, 1.82) is 0 Å². The third-order valence-corrected chi connectivity index (χ3v) is 3.73. The summed E-state index contributed by atoms with van der Waals surface area (Å²) in [5, 5.41) is 14.4. The van der Waals surface area contributed by atoms with Gasteiger partial charge in [0.1, 0.15) is 11.3 Å². The zero-order valence-electron chi connectivity index (χ0n) is 12.5. The quantitative estimate of drug-likeness (QED) is 0.668. The van der Waals surface area contributed by atoms with Crippen molar-refractivity contribution in [2.75, 3.05) is 25.0 Å². The molecule has 6 nitrogen and oxygen atoms in total. The smallest absolute Gasteiger partial charge is 0.305 e. The highest BCUT2D eigenvalue weighted by Gasteiger charge is 2.30. The van der Waals surface area contributed by atoms with Crippen LogP contribution in [0.1, 0.15) is 37.0 Å². The fourth-order valence-electron chi connectivity index (χ4n) is 2.60. The number of rotatable bonds is 5. The zero-order valence-corrected chi connectivity index (χ0v) is 12.5. The second-order valence-corrected chi connectivity index (χ2v) is 5.53. The molecule has 6 heteroatoms.